The zero-order valence-corrected chi connectivity index (χ0v) is 15.1. The lowest BCUT2D eigenvalue weighted by Crippen LogP contribution is -2.33. The number of aliphatic hydroxyl groups excluding tert-OH is 1. The first-order valence-electron chi connectivity index (χ1n) is 8.65. The Morgan fingerprint density at radius 2 is 1.88 bits per heavy atom. The monoisotopic (exact) mass is 350 g/mol. The summed E-state index contributed by atoms with van der Waals surface area (Å²) >= 11 is 0. The molecule has 0 radical (unpaired) electrons. The molecule has 1 unspecified atom stereocenters. The van der Waals surface area contributed by atoms with Gasteiger partial charge in [0.05, 0.1) is 11.6 Å². The molecule has 3 rings (SSSR count). The summed E-state index contributed by atoms with van der Waals surface area (Å²) in [6, 6.07) is 10.2. The molecule has 134 valence electrons. The van der Waals surface area contributed by atoms with Crippen molar-refractivity contribution in [3.63, 3.8) is 0 Å². The molecule has 0 spiro atoms. The minimum absolute atomic E-state index is 0.118. The van der Waals surface area contributed by atoms with Gasteiger partial charge in [-0.3, -0.25) is 14.6 Å². The first kappa shape index (κ1) is 17.9. The number of amides is 1. The third kappa shape index (κ3) is 3.25. The van der Waals surface area contributed by atoms with Gasteiger partial charge in [-0.25, -0.2) is 0 Å². The molecule has 1 saturated heterocycles. The maximum absolute atomic E-state index is 12.7. The van der Waals surface area contributed by atoms with Gasteiger partial charge >= 0.3 is 0 Å². The molecule has 5 heteroatoms. The summed E-state index contributed by atoms with van der Waals surface area (Å²) < 4.78 is 0. The number of nitrogens with zero attached hydrogens (tertiary/aromatic N) is 2. The van der Waals surface area contributed by atoms with Crippen LogP contribution in [-0.4, -0.2) is 33.2 Å². The Morgan fingerprint density at radius 3 is 2.46 bits per heavy atom. The number of aryl methyl sites for hydroxylation is 1. The second kappa shape index (κ2) is 7.12. The zero-order valence-electron chi connectivity index (χ0n) is 15.1. The van der Waals surface area contributed by atoms with E-state index in [-0.39, 0.29) is 17.3 Å². The van der Waals surface area contributed by atoms with Crippen LogP contribution < -0.4 is 0 Å². The van der Waals surface area contributed by atoms with Gasteiger partial charge in [-0.15, -0.1) is 0 Å². The zero-order chi connectivity index (χ0) is 18.8. The first-order valence-corrected chi connectivity index (χ1v) is 8.65. The number of benzene rings is 1. The molecule has 1 amide bonds. The van der Waals surface area contributed by atoms with Crippen molar-refractivity contribution in [3.8, 4) is 0 Å². The second-order valence-corrected chi connectivity index (χ2v) is 7.00. The van der Waals surface area contributed by atoms with Gasteiger partial charge in [-0.2, -0.15) is 0 Å². The van der Waals surface area contributed by atoms with Gasteiger partial charge in [0.25, 0.3) is 11.7 Å². The second-order valence-electron chi connectivity index (χ2n) is 7.00. The molecular weight excluding hydrogens is 328 g/mol. The number of rotatable bonds is 4. The standard InChI is InChI=1S/C21H22N2O3/c1-13(2)12-23-18(16-5-4-10-22-11-16)17(20(25)21(23)26)19(24)15-8-6-14(3)7-9-15/h4-11,13,18,24H,12H2,1-3H3/b19-17+. The van der Waals surface area contributed by atoms with E-state index in [0.717, 1.165) is 5.56 Å². The third-order valence-electron chi connectivity index (χ3n) is 4.43. The number of aromatic nitrogens is 1. The Labute approximate surface area is 153 Å². The van der Waals surface area contributed by atoms with Crippen LogP contribution in [0.5, 0.6) is 0 Å². The van der Waals surface area contributed by atoms with Crippen LogP contribution >= 0.6 is 0 Å². The third-order valence-corrected chi connectivity index (χ3v) is 4.43. The number of ketones is 1. The van der Waals surface area contributed by atoms with Crippen LogP contribution in [0.1, 0.15) is 36.6 Å². The number of carbonyl (C=O) groups excluding carboxylic acids is 2. The normalized spacial score (nSPS) is 19.4. The summed E-state index contributed by atoms with van der Waals surface area (Å²) in [6.45, 7) is 6.34. The molecule has 0 aliphatic carbocycles. The predicted octanol–water partition coefficient (Wildman–Crippen LogP) is 3.47. The molecule has 1 aliphatic heterocycles. The lowest BCUT2D eigenvalue weighted by molar-refractivity contribution is -0.140. The molecule has 1 N–H and O–H groups in total. The van der Waals surface area contributed by atoms with Crippen molar-refractivity contribution in [2.45, 2.75) is 26.8 Å². The van der Waals surface area contributed by atoms with Crippen molar-refractivity contribution >= 4 is 17.4 Å². The Kier molecular flexibility index (Phi) is 4.89. The average molecular weight is 350 g/mol. The largest absolute Gasteiger partial charge is 0.507 e. The summed E-state index contributed by atoms with van der Waals surface area (Å²) in [7, 11) is 0. The minimum Gasteiger partial charge on any atom is -0.507 e. The van der Waals surface area contributed by atoms with E-state index in [0.29, 0.717) is 17.7 Å². The van der Waals surface area contributed by atoms with Gasteiger partial charge < -0.3 is 10.0 Å². The van der Waals surface area contributed by atoms with E-state index in [9.17, 15) is 14.7 Å². The molecule has 2 heterocycles. The Morgan fingerprint density at radius 1 is 1.19 bits per heavy atom. The number of likely N-dealkylation sites (tertiary alicyclic amines) is 1. The number of carbonyl (C=O) groups is 2. The predicted molar refractivity (Wildman–Crippen MR) is 99.3 cm³/mol. The van der Waals surface area contributed by atoms with Crippen LogP contribution in [0.25, 0.3) is 5.76 Å². The number of hydrogen-bond acceptors (Lipinski definition) is 4. The number of pyridine rings is 1. The molecule has 0 bridgehead atoms. The summed E-state index contributed by atoms with van der Waals surface area (Å²) in [5.41, 5.74) is 2.39. The quantitative estimate of drug-likeness (QED) is 0.521. The van der Waals surface area contributed by atoms with Crippen molar-refractivity contribution in [2.24, 2.45) is 5.92 Å². The number of aliphatic hydroxyl groups is 1. The summed E-state index contributed by atoms with van der Waals surface area (Å²) in [6.07, 6.45) is 3.27. The number of hydrogen-bond donors (Lipinski definition) is 1. The average Bonchev–Trinajstić information content (AvgIpc) is 2.87. The fourth-order valence-electron chi connectivity index (χ4n) is 3.21. The van der Waals surface area contributed by atoms with Gasteiger partial charge in [-0.1, -0.05) is 49.7 Å². The van der Waals surface area contributed by atoms with Crippen molar-refractivity contribution in [1.29, 1.82) is 0 Å². The van der Waals surface area contributed by atoms with Crippen LogP contribution in [0.4, 0.5) is 0 Å². The highest BCUT2D eigenvalue weighted by Gasteiger charge is 2.46. The smallest absolute Gasteiger partial charge is 0.295 e. The fourth-order valence-corrected chi connectivity index (χ4v) is 3.21. The van der Waals surface area contributed by atoms with Gasteiger partial charge in [0.2, 0.25) is 0 Å². The van der Waals surface area contributed by atoms with Crippen LogP contribution in [0, 0.1) is 12.8 Å². The van der Waals surface area contributed by atoms with Crippen LogP contribution in [0.3, 0.4) is 0 Å². The molecule has 1 atom stereocenters. The van der Waals surface area contributed by atoms with Crippen molar-refractivity contribution in [3.05, 3.63) is 71.1 Å². The highest BCUT2D eigenvalue weighted by Crippen LogP contribution is 2.39. The van der Waals surface area contributed by atoms with E-state index in [1.165, 1.54) is 4.90 Å². The fraction of sp³-hybridized carbons (Fsp3) is 0.286. The van der Waals surface area contributed by atoms with E-state index in [2.05, 4.69) is 4.98 Å². The van der Waals surface area contributed by atoms with Crippen LogP contribution in [-0.2, 0) is 9.59 Å². The highest BCUT2D eigenvalue weighted by atomic mass is 16.3. The van der Waals surface area contributed by atoms with Gasteiger partial charge in [0, 0.05) is 24.5 Å². The molecule has 1 aromatic carbocycles. The lowest BCUT2D eigenvalue weighted by Gasteiger charge is -2.26. The van der Waals surface area contributed by atoms with Gasteiger partial charge in [0.15, 0.2) is 0 Å². The van der Waals surface area contributed by atoms with E-state index < -0.39 is 17.7 Å². The molecule has 5 nitrogen and oxygen atoms in total. The lowest BCUT2D eigenvalue weighted by atomic mass is 9.96. The molecule has 1 fully saturated rings. The molecular formula is C21H22N2O3. The molecule has 26 heavy (non-hydrogen) atoms. The maximum atomic E-state index is 12.7. The minimum atomic E-state index is -0.655. The molecule has 2 aromatic rings. The van der Waals surface area contributed by atoms with Gasteiger partial charge in [0.1, 0.15) is 5.76 Å². The van der Waals surface area contributed by atoms with E-state index in [1.807, 2.05) is 39.0 Å². The SMILES string of the molecule is Cc1ccc(/C(O)=C2\C(=O)C(=O)N(CC(C)C)C2c2cccnc2)cc1. The van der Waals surface area contributed by atoms with E-state index in [1.54, 1.807) is 30.6 Å². The Bertz CT molecular complexity index is 855. The maximum Gasteiger partial charge on any atom is 0.295 e. The summed E-state index contributed by atoms with van der Waals surface area (Å²) in [5.74, 6) is -1.20. The topological polar surface area (TPSA) is 70.5 Å². The van der Waals surface area contributed by atoms with E-state index >= 15 is 0 Å². The molecule has 1 aromatic heterocycles. The van der Waals surface area contributed by atoms with Crippen molar-refractivity contribution in [2.75, 3.05) is 6.54 Å². The van der Waals surface area contributed by atoms with Gasteiger partial charge in [-0.05, 0) is 24.5 Å². The van der Waals surface area contributed by atoms with Crippen molar-refractivity contribution in [1.82, 2.24) is 9.88 Å². The van der Waals surface area contributed by atoms with E-state index in [4.69, 9.17) is 0 Å². The first-order chi connectivity index (χ1) is 12.4. The highest BCUT2D eigenvalue weighted by molar-refractivity contribution is 6.46. The molecule has 0 saturated carbocycles. The van der Waals surface area contributed by atoms with Crippen molar-refractivity contribution < 1.29 is 14.7 Å². The molecule has 1 aliphatic rings. The summed E-state index contributed by atoms with van der Waals surface area (Å²) in [4.78, 5) is 31.0. The Hall–Kier alpha value is -2.95. The number of Topliss-reactive ketones (excluding diaryl/α,β-unsaturated/α-hetero) is 1. The Balaban J connectivity index is 2.17. The van der Waals surface area contributed by atoms with Crippen LogP contribution in [0.15, 0.2) is 54.4 Å². The summed E-state index contributed by atoms with van der Waals surface area (Å²) in [5, 5.41) is 10.8. The van der Waals surface area contributed by atoms with Crippen LogP contribution in [0.2, 0.25) is 0 Å².